The van der Waals surface area contributed by atoms with Crippen molar-refractivity contribution in [3.05, 3.63) is 6.42 Å². The molecule has 0 saturated carbocycles. The van der Waals surface area contributed by atoms with Gasteiger partial charge in [-0.05, 0) is 12.8 Å². The molecule has 0 unspecified atom stereocenters. The van der Waals surface area contributed by atoms with Crippen molar-refractivity contribution in [2.24, 2.45) is 0 Å². The first-order valence-corrected chi connectivity index (χ1v) is 6.91. The second kappa shape index (κ2) is 22.3. The molecule has 0 aromatic heterocycles. The molecule has 0 spiro atoms. The van der Waals surface area contributed by atoms with Crippen LogP contribution in [-0.2, 0) is 40.9 Å². The third kappa shape index (κ3) is 36.4. The van der Waals surface area contributed by atoms with Crippen LogP contribution in [0.4, 0.5) is 0 Å². The minimum atomic E-state index is -1.28. The Morgan fingerprint density at radius 1 is 0.773 bits per heavy atom. The first-order valence-electron chi connectivity index (χ1n) is 6.91. The van der Waals surface area contributed by atoms with Gasteiger partial charge in [0.15, 0.2) is 0 Å². The average Bonchev–Trinajstić information content (AvgIpc) is 2.29. The van der Waals surface area contributed by atoms with E-state index in [1.807, 2.05) is 34.1 Å². The van der Waals surface area contributed by atoms with Crippen LogP contribution in [0.2, 0.25) is 0 Å². The number of hydrogen-bond acceptors (Lipinski definition) is 6. The van der Waals surface area contributed by atoms with E-state index in [9.17, 15) is 29.4 Å². The number of carboxylic acids is 2. The van der Waals surface area contributed by atoms with Gasteiger partial charge in [-0.25, -0.2) is 0 Å². The van der Waals surface area contributed by atoms with E-state index in [2.05, 4.69) is 0 Å². The molecule has 0 aliphatic heterocycles. The molecule has 6 nitrogen and oxygen atoms in total. The number of carbonyl (C=O) groups excluding carboxylic acids is 4. The van der Waals surface area contributed by atoms with Gasteiger partial charge in [0.25, 0.3) is 0 Å². The Hall–Kier alpha value is -1.01. The SMILES string of the molecule is CCCC(=O)CC(=O)[O-].CCCC(=O)CC(=O)[O-].C[CH-]C.[Ti+3]. The van der Waals surface area contributed by atoms with Crippen LogP contribution in [0.15, 0.2) is 0 Å². The molecule has 0 aliphatic rings. The number of Topliss-reactive ketones (excluding diaryl/α,β-unsaturated/α-hetero) is 2. The number of hydrogen-bond donors (Lipinski definition) is 0. The maximum absolute atomic E-state index is 10.4. The summed E-state index contributed by atoms with van der Waals surface area (Å²) in [5.74, 6) is -3.07. The van der Waals surface area contributed by atoms with Crippen molar-refractivity contribution >= 4 is 23.5 Å². The predicted molar refractivity (Wildman–Crippen MR) is 74.7 cm³/mol. The molecule has 0 atom stereocenters. The number of ketones is 2. The Kier molecular flexibility index (Phi) is 29.4. The van der Waals surface area contributed by atoms with Gasteiger partial charge in [-0.3, -0.25) is 9.59 Å². The zero-order valence-electron chi connectivity index (χ0n) is 13.8. The number of aliphatic carboxylic acids is 2. The summed E-state index contributed by atoms with van der Waals surface area (Å²) in [4.78, 5) is 40.4. The minimum Gasteiger partial charge on any atom is -0.550 e. The van der Waals surface area contributed by atoms with Crippen molar-refractivity contribution in [2.75, 3.05) is 0 Å². The van der Waals surface area contributed by atoms with Crippen molar-refractivity contribution in [3.8, 4) is 0 Å². The minimum absolute atomic E-state index is 0. The van der Waals surface area contributed by atoms with Crippen molar-refractivity contribution in [2.45, 2.75) is 66.2 Å². The Bertz CT molecular complexity index is 285. The van der Waals surface area contributed by atoms with Crippen LogP contribution in [0.3, 0.4) is 0 Å². The molecule has 22 heavy (non-hydrogen) atoms. The van der Waals surface area contributed by atoms with E-state index >= 15 is 0 Å². The zero-order chi connectivity index (χ0) is 17.3. The molecule has 7 heteroatoms. The Labute approximate surface area is 147 Å². The first-order chi connectivity index (χ1) is 9.74. The second-order valence-electron chi connectivity index (χ2n) is 4.25. The van der Waals surface area contributed by atoms with Gasteiger partial charge >= 0.3 is 21.7 Å². The van der Waals surface area contributed by atoms with Gasteiger partial charge in [0, 0.05) is 37.6 Å². The molecule has 0 bridgehead atoms. The summed E-state index contributed by atoms with van der Waals surface area (Å²) in [5.41, 5.74) is 0. The molecule has 0 saturated heterocycles. The fourth-order valence-corrected chi connectivity index (χ4v) is 1.06. The summed E-state index contributed by atoms with van der Waals surface area (Å²) in [6.07, 6.45) is 3.21. The topological polar surface area (TPSA) is 114 Å². The number of carboxylic acid groups (broad SMARTS) is 2. The van der Waals surface area contributed by atoms with Crippen LogP contribution in [-0.4, -0.2) is 23.5 Å². The maximum atomic E-state index is 10.4. The predicted octanol–water partition coefficient (Wildman–Crippen LogP) is 0.219. The second-order valence-corrected chi connectivity index (χ2v) is 4.25. The van der Waals surface area contributed by atoms with Gasteiger partial charge in [0.05, 0.1) is 0 Å². The number of carbonyl (C=O) groups is 4. The van der Waals surface area contributed by atoms with Crippen molar-refractivity contribution < 1.29 is 51.1 Å². The Balaban J connectivity index is -0.000000120. The van der Waals surface area contributed by atoms with Crippen LogP contribution in [0.1, 0.15) is 66.2 Å². The fourth-order valence-electron chi connectivity index (χ4n) is 1.06. The summed E-state index contributed by atoms with van der Waals surface area (Å²) >= 11 is 0. The molecule has 0 aliphatic carbocycles. The van der Waals surface area contributed by atoms with Gasteiger partial charge in [-0.15, -0.1) is 0 Å². The van der Waals surface area contributed by atoms with E-state index in [0.717, 1.165) is 0 Å². The van der Waals surface area contributed by atoms with Gasteiger partial charge < -0.3 is 26.2 Å². The number of rotatable bonds is 8. The van der Waals surface area contributed by atoms with E-state index in [1.54, 1.807) is 0 Å². The van der Waals surface area contributed by atoms with Gasteiger partial charge in [-0.1, -0.05) is 13.8 Å². The van der Waals surface area contributed by atoms with Crippen molar-refractivity contribution in [3.63, 3.8) is 0 Å². The first kappa shape index (κ1) is 29.1. The Morgan fingerprint density at radius 3 is 1.14 bits per heavy atom. The monoisotopic (exact) mass is 349 g/mol. The van der Waals surface area contributed by atoms with Crippen LogP contribution >= 0.6 is 0 Å². The van der Waals surface area contributed by atoms with Crippen molar-refractivity contribution in [1.29, 1.82) is 0 Å². The molecular weight excluding hydrogens is 324 g/mol. The third-order valence-corrected chi connectivity index (χ3v) is 1.74. The zero-order valence-corrected chi connectivity index (χ0v) is 15.3. The molecule has 0 aromatic carbocycles. The average molecular weight is 349 g/mol. The fraction of sp³-hybridized carbons (Fsp3) is 0.667. The van der Waals surface area contributed by atoms with Gasteiger partial charge in [0.2, 0.25) is 0 Å². The smallest absolute Gasteiger partial charge is 0.550 e. The normalized spacial score (nSPS) is 8.18. The molecule has 0 amide bonds. The standard InChI is InChI=1S/2C6H10O3.C3H7.Ti/c2*1-2-3-5(7)4-6(8)9;1-3-2;/h2*2-4H2,1H3,(H,8,9);3H,1-2H3;/q;;-1;+3/p-2. The van der Waals surface area contributed by atoms with E-state index in [0.29, 0.717) is 25.7 Å². The van der Waals surface area contributed by atoms with E-state index < -0.39 is 24.8 Å². The van der Waals surface area contributed by atoms with E-state index in [1.165, 1.54) is 0 Å². The quantitative estimate of drug-likeness (QED) is 0.352. The third-order valence-electron chi connectivity index (χ3n) is 1.74. The maximum Gasteiger partial charge on any atom is 3.00 e. The summed E-state index contributed by atoms with van der Waals surface area (Å²) in [6.45, 7) is 7.65. The van der Waals surface area contributed by atoms with E-state index in [4.69, 9.17) is 0 Å². The van der Waals surface area contributed by atoms with Gasteiger partial charge in [0.1, 0.15) is 11.6 Å². The molecule has 0 heterocycles. The molecule has 0 aromatic rings. The molecule has 0 rings (SSSR count). The Morgan fingerprint density at radius 2 is 1.00 bits per heavy atom. The molecule has 0 N–H and O–H groups in total. The summed E-state index contributed by atoms with van der Waals surface area (Å²) in [7, 11) is 0. The summed E-state index contributed by atoms with van der Waals surface area (Å²) < 4.78 is 0. The van der Waals surface area contributed by atoms with E-state index in [-0.39, 0.29) is 33.3 Å². The largest absolute Gasteiger partial charge is 3.00 e. The van der Waals surface area contributed by atoms with Crippen LogP contribution in [0, 0.1) is 6.42 Å². The van der Waals surface area contributed by atoms with Crippen molar-refractivity contribution in [1.82, 2.24) is 0 Å². The molecular formula is C15H25O6Ti. The van der Waals surface area contributed by atoms with Crippen LogP contribution < -0.4 is 10.2 Å². The van der Waals surface area contributed by atoms with Crippen LogP contribution in [0.5, 0.6) is 0 Å². The summed E-state index contributed by atoms with van der Waals surface area (Å²) in [6, 6.07) is 0. The van der Waals surface area contributed by atoms with Crippen LogP contribution in [0.25, 0.3) is 0 Å². The molecule has 0 fully saturated rings. The summed E-state index contributed by atoms with van der Waals surface area (Å²) in [5, 5.41) is 19.5. The van der Waals surface area contributed by atoms with Gasteiger partial charge in [-0.2, -0.15) is 13.8 Å². The molecule has 1 radical (unpaired) electrons. The molecule has 125 valence electrons.